The molecule has 0 aromatic heterocycles. The number of para-hydroxylation sites is 1. The van der Waals surface area contributed by atoms with Gasteiger partial charge in [0.15, 0.2) is 0 Å². The quantitative estimate of drug-likeness (QED) is 0.596. The maximum absolute atomic E-state index is 13.2. The van der Waals surface area contributed by atoms with E-state index in [0.717, 1.165) is 0 Å². The number of halogens is 1. The predicted octanol–water partition coefficient (Wildman–Crippen LogP) is 4.08. The third kappa shape index (κ3) is 5.01. The van der Waals surface area contributed by atoms with Crippen LogP contribution < -0.4 is 20.3 Å². The number of anilines is 3. The van der Waals surface area contributed by atoms with E-state index in [-0.39, 0.29) is 30.7 Å². The molecule has 1 aliphatic rings. The van der Waals surface area contributed by atoms with Gasteiger partial charge in [-0.25, -0.2) is 4.39 Å². The standard InChI is InChI=1S/C25H22FN3O4/c1-33-20-12-8-18(9-13-20)27-25(32)21-4-2-3-5-22(21)28-24(31)16-14-23(30)29(15-16)19-10-6-17(26)7-11-19/h2-13,16H,14-15H2,1H3,(H,27,32)(H,28,31)/t16-/m1/s1. The largest absolute Gasteiger partial charge is 0.497 e. The van der Waals surface area contributed by atoms with Gasteiger partial charge in [0, 0.05) is 24.3 Å². The fourth-order valence-electron chi connectivity index (χ4n) is 3.65. The van der Waals surface area contributed by atoms with Gasteiger partial charge in [0.1, 0.15) is 11.6 Å². The molecule has 4 rings (SSSR count). The number of carbonyl (C=O) groups is 3. The molecule has 0 spiro atoms. The van der Waals surface area contributed by atoms with Crippen molar-refractivity contribution in [3.05, 3.63) is 84.2 Å². The molecule has 8 heteroatoms. The van der Waals surface area contributed by atoms with Crippen molar-refractivity contribution in [1.29, 1.82) is 0 Å². The topological polar surface area (TPSA) is 87.7 Å². The lowest BCUT2D eigenvalue weighted by Crippen LogP contribution is -2.28. The van der Waals surface area contributed by atoms with Gasteiger partial charge in [0.25, 0.3) is 5.91 Å². The van der Waals surface area contributed by atoms with Crippen molar-refractivity contribution in [2.24, 2.45) is 5.92 Å². The van der Waals surface area contributed by atoms with Gasteiger partial charge in [0.05, 0.1) is 24.3 Å². The highest BCUT2D eigenvalue weighted by Crippen LogP contribution is 2.27. The highest BCUT2D eigenvalue weighted by Gasteiger charge is 2.35. The fraction of sp³-hybridized carbons (Fsp3) is 0.160. The summed E-state index contributed by atoms with van der Waals surface area (Å²) >= 11 is 0. The number of hydrogen-bond acceptors (Lipinski definition) is 4. The molecule has 1 atom stereocenters. The second-order valence-corrected chi connectivity index (χ2v) is 7.60. The highest BCUT2D eigenvalue weighted by atomic mass is 19.1. The van der Waals surface area contributed by atoms with E-state index in [2.05, 4.69) is 10.6 Å². The van der Waals surface area contributed by atoms with Crippen molar-refractivity contribution in [2.45, 2.75) is 6.42 Å². The summed E-state index contributed by atoms with van der Waals surface area (Å²) in [5, 5.41) is 5.57. The Morgan fingerprint density at radius 3 is 2.36 bits per heavy atom. The summed E-state index contributed by atoms with van der Waals surface area (Å²) < 4.78 is 18.3. The molecule has 168 valence electrons. The van der Waals surface area contributed by atoms with Crippen molar-refractivity contribution in [2.75, 3.05) is 29.2 Å². The number of hydrogen-bond donors (Lipinski definition) is 2. The Hall–Kier alpha value is -4.20. The van der Waals surface area contributed by atoms with Gasteiger partial charge in [-0.3, -0.25) is 14.4 Å². The summed E-state index contributed by atoms with van der Waals surface area (Å²) in [6.07, 6.45) is 0.0312. The van der Waals surface area contributed by atoms with Crippen LogP contribution in [0.4, 0.5) is 21.5 Å². The molecule has 2 N–H and O–H groups in total. The Bertz CT molecular complexity index is 1180. The summed E-state index contributed by atoms with van der Waals surface area (Å²) in [4.78, 5) is 39.6. The molecule has 1 aliphatic heterocycles. The number of amides is 3. The SMILES string of the molecule is COc1ccc(NC(=O)c2ccccc2NC(=O)[C@@H]2CC(=O)N(c3ccc(F)cc3)C2)cc1. The normalized spacial score (nSPS) is 15.3. The maximum Gasteiger partial charge on any atom is 0.257 e. The number of benzene rings is 3. The van der Waals surface area contributed by atoms with Gasteiger partial charge >= 0.3 is 0 Å². The van der Waals surface area contributed by atoms with Crippen LogP contribution in [0.25, 0.3) is 0 Å². The average Bonchev–Trinajstić information content (AvgIpc) is 3.22. The molecule has 3 amide bonds. The molecule has 0 aliphatic carbocycles. The minimum absolute atomic E-state index is 0.0312. The summed E-state index contributed by atoms with van der Waals surface area (Å²) in [5.41, 5.74) is 1.76. The Morgan fingerprint density at radius 1 is 0.970 bits per heavy atom. The van der Waals surface area contributed by atoms with E-state index >= 15 is 0 Å². The Labute approximate surface area is 190 Å². The van der Waals surface area contributed by atoms with E-state index in [1.165, 1.54) is 29.2 Å². The van der Waals surface area contributed by atoms with Crippen molar-refractivity contribution in [3.8, 4) is 5.75 Å². The van der Waals surface area contributed by atoms with Crippen molar-refractivity contribution >= 4 is 34.8 Å². The van der Waals surface area contributed by atoms with Crippen LogP contribution in [0.3, 0.4) is 0 Å². The molecule has 0 radical (unpaired) electrons. The van der Waals surface area contributed by atoms with Crippen molar-refractivity contribution in [1.82, 2.24) is 0 Å². The molecule has 1 fully saturated rings. The number of methoxy groups -OCH3 is 1. The first kappa shape index (κ1) is 22.0. The van der Waals surface area contributed by atoms with E-state index < -0.39 is 11.7 Å². The Balaban J connectivity index is 1.45. The zero-order chi connectivity index (χ0) is 23.4. The summed E-state index contributed by atoms with van der Waals surface area (Å²) in [5.74, 6) is -1.29. The van der Waals surface area contributed by atoms with E-state index in [9.17, 15) is 18.8 Å². The van der Waals surface area contributed by atoms with E-state index in [1.807, 2.05) is 0 Å². The number of rotatable bonds is 6. The first-order valence-corrected chi connectivity index (χ1v) is 10.4. The van der Waals surface area contributed by atoms with Gasteiger partial charge in [0.2, 0.25) is 11.8 Å². The maximum atomic E-state index is 13.2. The summed E-state index contributed by atoms with van der Waals surface area (Å²) in [6.45, 7) is 0.177. The highest BCUT2D eigenvalue weighted by molar-refractivity contribution is 6.11. The van der Waals surface area contributed by atoms with Gasteiger partial charge in [-0.2, -0.15) is 0 Å². The number of carbonyl (C=O) groups excluding carboxylic acids is 3. The molecule has 7 nitrogen and oxygen atoms in total. The van der Waals surface area contributed by atoms with E-state index in [0.29, 0.717) is 28.4 Å². The molecule has 0 unspecified atom stereocenters. The van der Waals surface area contributed by atoms with Gasteiger partial charge < -0.3 is 20.3 Å². The van der Waals surface area contributed by atoms with Gasteiger partial charge in [-0.1, -0.05) is 12.1 Å². The molecule has 3 aromatic rings. The van der Waals surface area contributed by atoms with Crippen LogP contribution in [0.2, 0.25) is 0 Å². The summed E-state index contributed by atoms with van der Waals surface area (Å²) in [6, 6.07) is 19.1. The lowest BCUT2D eigenvalue weighted by Gasteiger charge is -2.17. The average molecular weight is 447 g/mol. The number of ether oxygens (including phenoxy) is 1. The molecular formula is C25H22FN3O4. The molecule has 0 saturated carbocycles. The third-order valence-corrected chi connectivity index (χ3v) is 5.41. The minimum atomic E-state index is -0.597. The second-order valence-electron chi connectivity index (χ2n) is 7.60. The zero-order valence-electron chi connectivity index (χ0n) is 17.9. The zero-order valence-corrected chi connectivity index (χ0v) is 17.9. The van der Waals surface area contributed by atoms with Crippen LogP contribution in [-0.4, -0.2) is 31.4 Å². The van der Waals surface area contributed by atoms with E-state index in [1.54, 1.807) is 55.6 Å². The van der Waals surface area contributed by atoms with Gasteiger partial charge in [-0.15, -0.1) is 0 Å². The monoisotopic (exact) mass is 447 g/mol. The first-order chi connectivity index (χ1) is 15.9. The number of nitrogens with one attached hydrogen (secondary N) is 2. The third-order valence-electron chi connectivity index (χ3n) is 5.41. The predicted molar refractivity (Wildman–Crippen MR) is 123 cm³/mol. The lowest BCUT2D eigenvalue weighted by atomic mass is 10.1. The molecular weight excluding hydrogens is 425 g/mol. The second kappa shape index (κ2) is 9.52. The van der Waals surface area contributed by atoms with Crippen LogP contribution in [0.15, 0.2) is 72.8 Å². The molecule has 1 saturated heterocycles. The molecule has 1 heterocycles. The van der Waals surface area contributed by atoms with Gasteiger partial charge in [-0.05, 0) is 60.7 Å². The Morgan fingerprint density at radius 2 is 1.67 bits per heavy atom. The van der Waals surface area contributed by atoms with E-state index in [4.69, 9.17) is 4.74 Å². The van der Waals surface area contributed by atoms with Crippen molar-refractivity contribution in [3.63, 3.8) is 0 Å². The molecule has 0 bridgehead atoms. The summed E-state index contributed by atoms with van der Waals surface area (Å²) in [7, 11) is 1.56. The minimum Gasteiger partial charge on any atom is -0.497 e. The molecule has 3 aromatic carbocycles. The smallest absolute Gasteiger partial charge is 0.257 e. The fourth-order valence-corrected chi connectivity index (χ4v) is 3.65. The van der Waals surface area contributed by atoms with Crippen molar-refractivity contribution < 1.29 is 23.5 Å². The van der Waals surface area contributed by atoms with Crippen LogP contribution in [0, 0.1) is 11.7 Å². The van der Waals surface area contributed by atoms with Crippen LogP contribution >= 0.6 is 0 Å². The van der Waals surface area contributed by atoms with Crippen LogP contribution in [-0.2, 0) is 9.59 Å². The lowest BCUT2D eigenvalue weighted by molar-refractivity contribution is -0.122. The molecule has 33 heavy (non-hydrogen) atoms. The Kier molecular flexibility index (Phi) is 6.35. The number of nitrogens with zero attached hydrogens (tertiary/aromatic N) is 1. The van der Waals surface area contributed by atoms with Crippen LogP contribution in [0.1, 0.15) is 16.8 Å². The first-order valence-electron chi connectivity index (χ1n) is 10.4. The van der Waals surface area contributed by atoms with Crippen LogP contribution in [0.5, 0.6) is 5.75 Å².